The maximum Gasteiger partial charge on any atom is 0.319 e. The van der Waals surface area contributed by atoms with E-state index in [0.717, 1.165) is 50.5 Å². The van der Waals surface area contributed by atoms with Crippen molar-refractivity contribution in [1.82, 2.24) is 15.1 Å². The van der Waals surface area contributed by atoms with Crippen LogP contribution in [-0.2, 0) is 16.0 Å². The fraction of sp³-hybridized carbons (Fsp3) is 0.595. The topological polar surface area (TPSA) is 120 Å². The Hall–Kier alpha value is -3.63. The van der Waals surface area contributed by atoms with Crippen LogP contribution in [0.5, 0.6) is 5.75 Å². The third-order valence-corrected chi connectivity index (χ3v) is 9.33. The molecule has 0 aromatic heterocycles. The van der Waals surface area contributed by atoms with E-state index in [1.54, 1.807) is 35.0 Å². The van der Waals surface area contributed by atoms with Crippen LogP contribution in [0.2, 0.25) is 0 Å². The second-order valence-corrected chi connectivity index (χ2v) is 13.4. The minimum Gasteiger partial charge on any atom is -0.490 e. The summed E-state index contributed by atoms with van der Waals surface area (Å²) in [5.41, 5.74) is 1.77. The van der Waals surface area contributed by atoms with Gasteiger partial charge in [-0.3, -0.25) is 9.59 Å². The highest BCUT2D eigenvalue weighted by Crippen LogP contribution is 2.29. The summed E-state index contributed by atoms with van der Waals surface area (Å²) in [6.07, 6.45) is 7.65. The molecule has 0 radical (unpaired) electrons. The van der Waals surface area contributed by atoms with Crippen LogP contribution < -0.4 is 15.4 Å². The van der Waals surface area contributed by atoms with Crippen LogP contribution in [0.1, 0.15) is 88.1 Å². The van der Waals surface area contributed by atoms with E-state index in [2.05, 4.69) is 10.6 Å². The number of nitrogens with zero attached hydrogens (tertiary/aromatic N) is 2. The van der Waals surface area contributed by atoms with Crippen LogP contribution in [0.15, 0.2) is 48.5 Å². The van der Waals surface area contributed by atoms with Crippen molar-refractivity contribution >= 4 is 23.5 Å². The summed E-state index contributed by atoms with van der Waals surface area (Å²) in [7, 11) is 1.79. The van der Waals surface area contributed by atoms with Crippen molar-refractivity contribution in [3.63, 3.8) is 0 Å². The predicted octanol–water partition coefficient (Wildman–Crippen LogP) is 5.64. The molecule has 1 aliphatic heterocycles. The lowest BCUT2D eigenvalue weighted by molar-refractivity contribution is -0.131. The molecule has 0 spiro atoms. The van der Waals surface area contributed by atoms with E-state index in [1.807, 2.05) is 51.1 Å². The Balaban J connectivity index is 1.56. The van der Waals surface area contributed by atoms with Crippen LogP contribution in [0.3, 0.4) is 0 Å². The smallest absolute Gasteiger partial charge is 0.319 e. The molecule has 47 heavy (non-hydrogen) atoms. The standard InChI is InChI=1S/C37H54N4O6/c1-26-23-41(27(2)25-42)36(44)32-22-31(39-37(45)38-30-16-9-6-10-17-30)18-19-33(32)47-28(3)13-11-12-20-46-34(26)24-40(4)35(43)21-29-14-7-5-8-15-29/h5,7-8,14-15,18-19,22,26-28,30,34,42H,6,9-13,16-17,20-21,23-25H2,1-4H3,(H2,38,39,45)/t26-,27-,28+,34-/m1/s1. The number of aliphatic hydroxyl groups is 1. The minimum atomic E-state index is -0.493. The third kappa shape index (κ3) is 11.0. The van der Waals surface area contributed by atoms with E-state index in [9.17, 15) is 19.5 Å². The lowest BCUT2D eigenvalue weighted by Gasteiger charge is -2.36. The van der Waals surface area contributed by atoms with Crippen molar-refractivity contribution in [3.8, 4) is 5.75 Å². The highest BCUT2D eigenvalue weighted by Gasteiger charge is 2.31. The van der Waals surface area contributed by atoms with Crippen molar-refractivity contribution in [2.45, 2.75) is 103 Å². The number of urea groups is 1. The van der Waals surface area contributed by atoms with E-state index >= 15 is 0 Å². The van der Waals surface area contributed by atoms with Gasteiger partial charge >= 0.3 is 6.03 Å². The van der Waals surface area contributed by atoms with Gasteiger partial charge in [-0.1, -0.05) is 56.5 Å². The van der Waals surface area contributed by atoms with Crippen LogP contribution in [-0.4, -0.2) is 90.4 Å². The molecule has 3 N–H and O–H groups in total. The van der Waals surface area contributed by atoms with Gasteiger partial charge in [0.25, 0.3) is 5.91 Å². The lowest BCUT2D eigenvalue weighted by Crippen LogP contribution is -2.48. The molecule has 2 aromatic carbocycles. The molecule has 1 aliphatic carbocycles. The first-order chi connectivity index (χ1) is 22.6. The molecule has 0 saturated heterocycles. The second-order valence-electron chi connectivity index (χ2n) is 13.4. The molecular weight excluding hydrogens is 596 g/mol. The number of nitrogens with one attached hydrogen (secondary N) is 2. The monoisotopic (exact) mass is 650 g/mol. The molecule has 0 bridgehead atoms. The zero-order valence-electron chi connectivity index (χ0n) is 28.6. The van der Waals surface area contributed by atoms with Crippen LogP contribution in [0, 0.1) is 5.92 Å². The number of carbonyl (C=O) groups is 3. The first-order valence-electron chi connectivity index (χ1n) is 17.3. The fourth-order valence-corrected chi connectivity index (χ4v) is 6.34. The second kappa shape index (κ2) is 18.1. The van der Waals surface area contributed by atoms with Gasteiger partial charge in [0.05, 0.1) is 36.8 Å². The molecule has 2 aliphatic rings. The molecular formula is C37H54N4O6. The summed E-state index contributed by atoms with van der Waals surface area (Å²) < 4.78 is 12.7. The van der Waals surface area contributed by atoms with Gasteiger partial charge in [0.2, 0.25) is 5.91 Å². The summed E-state index contributed by atoms with van der Waals surface area (Å²) in [6.45, 7) is 6.78. The van der Waals surface area contributed by atoms with Crippen molar-refractivity contribution in [2.75, 3.05) is 38.7 Å². The van der Waals surface area contributed by atoms with Crippen LogP contribution >= 0.6 is 0 Å². The van der Waals surface area contributed by atoms with Gasteiger partial charge in [-0.05, 0) is 69.7 Å². The lowest BCUT2D eigenvalue weighted by atomic mass is 9.96. The summed E-state index contributed by atoms with van der Waals surface area (Å²) >= 11 is 0. The number of hydrogen-bond donors (Lipinski definition) is 3. The van der Waals surface area contributed by atoms with Gasteiger partial charge in [0.1, 0.15) is 5.75 Å². The number of rotatable bonds is 8. The van der Waals surface area contributed by atoms with Crippen molar-refractivity contribution in [1.29, 1.82) is 0 Å². The van der Waals surface area contributed by atoms with E-state index in [-0.39, 0.29) is 48.6 Å². The van der Waals surface area contributed by atoms with Gasteiger partial charge in [-0.2, -0.15) is 0 Å². The number of benzene rings is 2. The Morgan fingerprint density at radius 2 is 1.74 bits per heavy atom. The number of anilines is 1. The van der Waals surface area contributed by atoms with Gasteiger partial charge in [0.15, 0.2) is 0 Å². The number of hydrogen-bond acceptors (Lipinski definition) is 6. The number of fused-ring (bicyclic) bond motifs is 1. The molecule has 1 saturated carbocycles. The molecule has 10 nitrogen and oxygen atoms in total. The molecule has 258 valence electrons. The number of likely N-dealkylation sites (N-methyl/N-ethyl adjacent to an activating group) is 1. The summed E-state index contributed by atoms with van der Waals surface area (Å²) in [4.78, 5) is 43.7. The summed E-state index contributed by atoms with van der Waals surface area (Å²) in [6, 6.07) is 14.2. The van der Waals surface area contributed by atoms with Gasteiger partial charge in [-0.25, -0.2) is 4.79 Å². The van der Waals surface area contributed by atoms with Gasteiger partial charge < -0.3 is 35.0 Å². The summed E-state index contributed by atoms with van der Waals surface area (Å²) in [5.74, 6) is -0.0230. The van der Waals surface area contributed by atoms with E-state index in [0.29, 0.717) is 43.1 Å². The largest absolute Gasteiger partial charge is 0.490 e. The van der Waals surface area contributed by atoms with Crippen molar-refractivity contribution in [2.24, 2.45) is 5.92 Å². The van der Waals surface area contributed by atoms with E-state index < -0.39 is 6.04 Å². The first kappa shape index (κ1) is 36.2. The van der Waals surface area contributed by atoms with Gasteiger partial charge in [0, 0.05) is 44.4 Å². The Kier molecular flexibility index (Phi) is 13.9. The SMILES string of the molecule is C[C@@H]1CN([C@H](C)CO)C(=O)c2cc(NC(=O)NC3CCCCC3)ccc2O[C@@H](C)CCCCO[C@@H]1CN(C)C(=O)Cc1ccccc1. The Bertz CT molecular complexity index is 1300. The Morgan fingerprint density at radius 1 is 1.02 bits per heavy atom. The van der Waals surface area contributed by atoms with Crippen molar-refractivity contribution in [3.05, 3.63) is 59.7 Å². The van der Waals surface area contributed by atoms with E-state index in [4.69, 9.17) is 9.47 Å². The average Bonchev–Trinajstić information content (AvgIpc) is 3.06. The Morgan fingerprint density at radius 3 is 2.47 bits per heavy atom. The van der Waals surface area contributed by atoms with Crippen LogP contribution in [0.25, 0.3) is 0 Å². The van der Waals surface area contributed by atoms with Crippen LogP contribution in [0.4, 0.5) is 10.5 Å². The number of amides is 4. The van der Waals surface area contributed by atoms with Crippen molar-refractivity contribution < 1.29 is 29.0 Å². The van der Waals surface area contributed by atoms with Gasteiger partial charge in [-0.15, -0.1) is 0 Å². The zero-order valence-corrected chi connectivity index (χ0v) is 28.6. The molecule has 4 atom stereocenters. The maximum absolute atomic E-state index is 14.4. The maximum atomic E-state index is 14.4. The molecule has 0 unspecified atom stereocenters. The Labute approximate surface area is 280 Å². The minimum absolute atomic E-state index is 0.00415. The molecule has 2 aromatic rings. The average molecular weight is 651 g/mol. The molecule has 4 rings (SSSR count). The summed E-state index contributed by atoms with van der Waals surface area (Å²) in [5, 5.41) is 16.2. The molecule has 10 heteroatoms. The zero-order chi connectivity index (χ0) is 33.8. The number of aliphatic hydroxyl groups excluding tert-OH is 1. The first-order valence-corrected chi connectivity index (χ1v) is 17.3. The fourth-order valence-electron chi connectivity index (χ4n) is 6.34. The predicted molar refractivity (Wildman–Crippen MR) is 184 cm³/mol. The van der Waals surface area contributed by atoms with E-state index in [1.165, 1.54) is 6.42 Å². The third-order valence-electron chi connectivity index (χ3n) is 9.33. The highest BCUT2D eigenvalue weighted by molar-refractivity contribution is 5.99. The molecule has 4 amide bonds. The highest BCUT2D eigenvalue weighted by atomic mass is 16.5. The molecule has 1 heterocycles. The number of ether oxygens (including phenoxy) is 2. The quantitative estimate of drug-likeness (QED) is 0.340. The molecule has 1 fully saturated rings. The normalized spacial score (nSPS) is 22.3. The number of carbonyl (C=O) groups excluding carboxylic acids is 3.